The predicted molar refractivity (Wildman–Crippen MR) is 55.1 cm³/mol. The fourth-order valence-corrected chi connectivity index (χ4v) is 1.28. The highest BCUT2D eigenvalue weighted by Gasteiger charge is 2.08. The first kappa shape index (κ1) is 12.2. The molecule has 1 heterocycles. The summed E-state index contributed by atoms with van der Waals surface area (Å²) in [5, 5.41) is 3.35. The molecule has 0 saturated carbocycles. The van der Waals surface area contributed by atoms with Crippen molar-refractivity contribution in [2.75, 3.05) is 53.4 Å². The molecule has 0 aromatic heterocycles. The van der Waals surface area contributed by atoms with Gasteiger partial charge in [0.2, 0.25) is 0 Å². The van der Waals surface area contributed by atoms with E-state index in [1.807, 2.05) is 0 Å². The van der Waals surface area contributed by atoms with Gasteiger partial charge in [0.25, 0.3) is 0 Å². The first-order valence-electron chi connectivity index (χ1n) is 4.37. The van der Waals surface area contributed by atoms with E-state index >= 15 is 0 Å². The van der Waals surface area contributed by atoms with Crippen LogP contribution >= 0.6 is 12.4 Å². The van der Waals surface area contributed by atoms with Crippen molar-refractivity contribution in [3.63, 3.8) is 0 Å². The van der Waals surface area contributed by atoms with Gasteiger partial charge in [0.15, 0.2) is 0 Å². The number of nitrogens with zero attached hydrogens (tertiary/aromatic N) is 2. The summed E-state index contributed by atoms with van der Waals surface area (Å²) in [5.41, 5.74) is 0. The van der Waals surface area contributed by atoms with E-state index in [9.17, 15) is 0 Å². The van der Waals surface area contributed by atoms with Gasteiger partial charge in [-0.25, -0.2) is 0 Å². The van der Waals surface area contributed by atoms with Crippen molar-refractivity contribution in [3.8, 4) is 0 Å². The summed E-state index contributed by atoms with van der Waals surface area (Å²) in [7, 11) is 4.25. The Labute approximate surface area is 81.5 Å². The van der Waals surface area contributed by atoms with E-state index in [1.54, 1.807) is 0 Å². The van der Waals surface area contributed by atoms with Crippen molar-refractivity contribution in [3.05, 3.63) is 0 Å². The quantitative estimate of drug-likeness (QED) is 0.674. The van der Waals surface area contributed by atoms with Crippen LogP contribution in [0.2, 0.25) is 0 Å². The SMILES string of the molecule is CN(C)CCN1CCNCC1.Cl. The molecule has 1 N–H and O–H groups in total. The second-order valence-electron chi connectivity index (χ2n) is 3.39. The van der Waals surface area contributed by atoms with E-state index in [-0.39, 0.29) is 12.4 Å². The topological polar surface area (TPSA) is 18.5 Å². The summed E-state index contributed by atoms with van der Waals surface area (Å²) in [4.78, 5) is 4.75. The van der Waals surface area contributed by atoms with Gasteiger partial charge in [0.05, 0.1) is 0 Å². The molecule has 0 aromatic rings. The summed E-state index contributed by atoms with van der Waals surface area (Å²) in [6.45, 7) is 7.15. The molecule has 0 aliphatic carbocycles. The maximum atomic E-state index is 3.35. The molecule has 0 spiro atoms. The molecule has 0 aromatic carbocycles. The molecular formula is C8H20ClN3. The lowest BCUT2D eigenvalue weighted by atomic mass is 10.3. The summed E-state index contributed by atoms with van der Waals surface area (Å²) >= 11 is 0. The van der Waals surface area contributed by atoms with Gasteiger partial charge < -0.3 is 10.2 Å². The lowest BCUT2D eigenvalue weighted by molar-refractivity contribution is 0.217. The van der Waals surface area contributed by atoms with Gasteiger partial charge in [0, 0.05) is 39.3 Å². The molecule has 0 radical (unpaired) electrons. The zero-order valence-electron chi connectivity index (χ0n) is 8.05. The smallest absolute Gasteiger partial charge is 0.0110 e. The number of rotatable bonds is 3. The molecule has 1 aliphatic rings. The molecule has 12 heavy (non-hydrogen) atoms. The summed E-state index contributed by atoms with van der Waals surface area (Å²) in [6, 6.07) is 0. The Kier molecular flexibility index (Phi) is 6.76. The third-order valence-corrected chi connectivity index (χ3v) is 2.07. The minimum absolute atomic E-state index is 0. The van der Waals surface area contributed by atoms with E-state index in [1.165, 1.54) is 26.2 Å². The van der Waals surface area contributed by atoms with Crippen LogP contribution in [0.3, 0.4) is 0 Å². The van der Waals surface area contributed by atoms with Crippen LogP contribution in [0, 0.1) is 0 Å². The third kappa shape index (κ3) is 4.93. The predicted octanol–water partition coefficient (Wildman–Crippen LogP) is -0.125. The third-order valence-electron chi connectivity index (χ3n) is 2.07. The molecule has 74 valence electrons. The first-order valence-corrected chi connectivity index (χ1v) is 4.37. The van der Waals surface area contributed by atoms with E-state index in [2.05, 4.69) is 29.2 Å². The van der Waals surface area contributed by atoms with Gasteiger partial charge in [-0.15, -0.1) is 12.4 Å². The molecule has 1 fully saturated rings. The van der Waals surface area contributed by atoms with E-state index in [4.69, 9.17) is 0 Å². The van der Waals surface area contributed by atoms with Gasteiger partial charge in [0.1, 0.15) is 0 Å². The van der Waals surface area contributed by atoms with Gasteiger partial charge in [-0.1, -0.05) is 0 Å². The Morgan fingerprint density at radius 1 is 1.25 bits per heavy atom. The number of nitrogens with one attached hydrogen (secondary N) is 1. The van der Waals surface area contributed by atoms with Crippen molar-refractivity contribution in [2.24, 2.45) is 0 Å². The fraction of sp³-hybridized carbons (Fsp3) is 1.00. The Bertz CT molecular complexity index is 102. The highest BCUT2D eigenvalue weighted by molar-refractivity contribution is 5.85. The molecule has 1 saturated heterocycles. The van der Waals surface area contributed by atoms with Crippen molar-refractivity contribution in [1.82, 2.24) is 15.1 Å². The van der Waals surface area contributed by atoms with Gasteiger partial charge in [-0.2, -0.15) is 0 Å². The second kappa shape index (κ2) is 6.66. The molecule has 3 nitrogen and oxygen atoms in total. The van der Waals surface area contributed by atoms with Crippen LogP contribution in [0.5, 0.6) is 0 Å². The minimum atomic E-state index is 0. The second-order valence-corrected chi connectivity index (χ2v) is 3.39. The van der Waals surface area contributed by atoms with Crippen LogP contribution in [0.15, 0.2) is 0 Å². The van der Waals surface area contributed by atoms with E-state index in [0.717, 1.165) is 13.1 Å². The average Bonchev–Trinajstić information content (AvgIpc) is 2.03. The zero-order valence-corrected chi connectivity index (χ0v) is 8.86. The van der Waals surface area contributed by atoms with Crippen LogP contribution < -0.4 is 5.32 Å². The van der Waals surface area contributed by atoms with Gasteiger partial charge >= 0.3 is 0 Å². The maximum Gasteiger partial charge on any atom is 0.0110 e. The molecule has 1 aliphatic heterocycles. The fourth-order valence-electron chi connectivity index (χ4n) is 1.28. The lowest BCUT2D eigenvalue weighted by Crippen LogP contribution is -2.45. The monoisotopic (exact) mass is 193 g/mol. The van der Waals surface area contributed by atoms with E-state index in [0.29, 0.717) is 0 Å². The van der Waals surface area contributed by atoms with Crippen LogP contribution in [-0.2, 0) is 0 Å². The minimum Gasteiger partial charge on any atom is -0.314 e. The Balaban J connectivity index is 0.00000121. The molecular weight excluding hydrogens is 174 g/mol. The van der Waals surface area contributed by atoms with Crippen molar-refractivity contribution in [1.29, 1.82) is 0 Å². The standard InChI is InChI=1S/C8H19N3.ClH/c1-10(2)7-8-11-5-3-9-4-6-11;/h9H,3-8H2,1-2H3;1H. The van der Waals surface area contributed by atoms with Crippen molar-refractivity contribution in [2.45, 2.75) is 0 Å². The molecule has 0 amide bonds. The number of piperazine rings is 1. The Morgan fingerprint density at radius 3 is 2.33 bits per heavy atom. The summed E-state index contributed by atoms with van der Waals surface area (Å²) in [5.74, 6) is 0. The number of halogens is 1. The number of hydrogen-bond donors (Lipinski definition) is 1. The van der Waals surface area contributed by atoms with Crippen LogP contribution in [0.4, 0.5) is 0 Å². The molecule has 1 rings (SSSR count). The van der Waals surface area contributed by atoms with Crippen LogP contribution in [0.25, 0.3) is 0 Å². The first-order chi connectivity index (χ1) is 5.29. The number of hydrogen-bond acceptors (Lipinski definition) is 3. The Morgan fingerprint density at radius 2 is 1.83 bits per heavy atom. The summed E-state index contributed by atoms with van der Waals surface area (Å²) < 4.78 is 0. The maximum absolute atomic E-state index is 3.35. The zero-order chi connectivity index (χ0) is 8.10. The average molecular weight is 194 g/mol. The molecule has 4 heteroatoms. The normalized spacial score (nSPS) is 19.2. The van der Waals surface area contributed by atoms with Crippen molar-refractivity contribution >= 4 is 12.4 Å². The highest BCUT2D eigenvalue weighted by Crippen LogP contribution is 1.91. The summed E-state index contributed by atoms with van der Waals surface area (Å²) in [6.07, 6.45) is 0. The molecule has 0 bridgehead atoms. The molecule has 0 unspecified atom stereocenters. The van der Waals surface area contributed by atoms with Crippen LogP contribution in [0.1, 0.15) is 0 Å². The number of likely N-dealkylation sites (N-methyl/N-ethyl adjacent to an activating group) is 1. The lowest BCUT2D eigenvalue weighted by Gasteiger charge is -2.28. The largest absolute Gasteiger partial charge is 0.314 e. The molecule has 0 atom stereocenters. The van der Waals surface area contributed by atoms with Gasteiger partial charge in [-0.3, -0.25) is 4.90 Å². The van der Waals surface area contributed by atoms with Crippen LogP contribution in [-0.4, -0.2) is 63.2 Å². The van der Waals surface area contributed by atoms with Gasteiger partial charge in [-0.05, 0) is 14.1 Å². The van der Waals surface area contributed by atoms with E-state index < -0.39 is 0 Å². The Hall–Kier alpha value is 0.170. The highest BCUT2D eigenvalue weighted by atomic mass is 35.5. The van der Waals surface area contributed by atoms with Crippen molar-refractivity contribution < 1.29 is 0 Å².